The van der Waals surface area contributed by atoms with Crippen LogP contribution in [0.3, 0.4) is 0 Å². The van der Waals surface area contributed by atoms with E-state index in [0.717, 1.165) is 22.0 Å². The van der Waals surface area contributed by atoms with E-state index in [1.165, 1.54) is 0 Å². The van der Waals surface area contributed by atoms with Crippen LogP contribution in [0.2, 0.25) is 5.02 Å². The van der Waals surface area contributed by atoms with E-state index in [1.807, 2.05) is 72.8 Å². The smallest absolute Gasteiger partial charge is 0.259 e. The van der Waals surface area contributed by atoms with Crippen LogP contribution in [0.4, 0.5) is 5.69 Å². The summed E-state index contributed by atoms with van der Waals surface area (Å²) in [6.07, 6.45) is 0. The summed E-state index contributed by atoms with van der Waals surface area (Å²) < 4.78 is 5.89. The quantitative estimate of drug-likeness (QED) is 0.435. The zero-order chi connectivity index (χ0) is 19.3. The average Bonchev–Trinajstić information content (AvgIpc) is 2.73. The van der Waals surface area contributed by atoms with Crippen LogP contribution in [0, 0.1) is 0 Å². The highest BCUT2D eigenvalue weighted by atomic mass is 35.5. The largest absolute Gasteiger partial charge is 0.488 e. The Bertz CT molecular complexity index is 1130. The third-order valence-electron chi connectivity index (χ3n) is 4.43. The van der Waals surface area contributed by atoms with Crippen LogP contribution >= 0.6 is 11.6 Å². The fourth-order valence-electron chi connectivity index (χ4n) is 3.01. The number of benzene rings is 4. The lowest BCUT2D eigenvalue weighted by atomic mass is 10.1. The van der Waals surface area contributed by atoms with Crippen molar-refractivity contribution in [3.05, 3.63) is 107 Å². The van der Waals surface area contributed by atoms with Gasteiger partial charge in [0.15, 0.2) is 0 Å². The fourth-order valence-corrected chi connectivity index (χ4v) is 3.18. The van der Waals surface area contributed by atoms with E-state index in [2.05, 4.69) is 5.32 Å². The lowest BCUT2D eigenvalue weighted by Gasteiger charge is -2.13. The molecular formula is C24H18ClNO2. The maximum Gasteiger partial charge on any atom is 0.259 e. The molecular weight excluding hydrogens is 370 g/mol. The number of hydrogen-bond acceptors (Lipinski definition) is 2. The molecule has 0 aliphatic heterocycles. The van der Waals surface area contributed by atoms with Gasteiger partial charge in [0.1, 0.15) is 12.4 Å². The van der Waals surface area contributed by atoms with Gasteiger partial charge in [-0.2, -0.15) is 0 Å². The van der Waals surface area contributed by atoms with Crippen LogP contribution in [0.25, 0.3) is 10.8 Å². The number of carbonyl (C=O) groups excluding carboxylic acids is 1. The second-order valence-corrected chi connectivity index (χ2v) is 6.87. The van der Waals surface area contributed by atoms with E-state index in [4.69, 9.17) is 16.3 Å². The van der Waals surface area contributed by atoms with E-state index in [-0.39, 0.29) is 5.91 Å². The van der Waals surface area contributed by atoms with E-state index >= 15 is 0 Å². The summed E-state index contributed by atoms with van der Waals surface area (Å²) in [6.45, 7) is 0.374. The lowest BCUT2D eigenvalue weighted by Crippen LogP contribution is -2.13. The average molecular weight is 388 g/mol. The summed E-state index contributed by atoms with van der Waals surface area (Å²) in [6, 6.07) is 28.7. The Morgan fingerprint density at radius 2 is 1.57 bits per heavy atom. The van der Waals surface area contributed by atoms with Crippen LogP contribution < -0.4 is 10.1 Å². The van der Waals surface area contributed by atoms with Crippen LogP contribution in [0.15, 0.2) is 91.0 Å². The maximum absolute atomic E-state index is 12.9. The summed E-state index contributed by atoms with van der Waals surface area (Å²) in [7, 11) is 0. The molecule has 0 fully saturated rings. The molecule has 0 heterocycles. The molecule has 0 aliphatic rings. The molecule has 1 amide bonds. The predicted octanol–water partition coefficient (Wildman–Crippen LogP) is 6.32. The monoisotopic (exact) mass is 387 g/mol. The van der Waals surface area contributed by atoms with Gasteiger partial charge in [-0.25, -0.2) is 0 Å². The van der Waals surface area contributed by atoms with Gasteiger partial charge in [0.2, 0.25) is 0 Å². The highest BCUT2D eigenvalue weighted by Crippen LogP contribution is 2.26. The molecule has 28 heavy (non-hydrogen) atoms. The first kappa shape index (κ1) is 18.1. The number of nitrogens with one attached hydrogen (secondary N) is 1. The van der Waals surface area contributed by atoms with Gasteiger partial charge in [-0.3, -0.25) is 4.79 Å². The Morgan fingerprint density at radius 3 is 2.39 bits per heavy atom. The highest BCUT2D eigenvalue weighted by Gasteiger charge is 2.14. The number of halogens is 1. The second-order valence-electron chi connectivity index (χ2n) is 6.43. The van der Waals surface area contributed by atoms with Crippen molar-refractivity contribution in [2.45, 2.75) is 6.61 Å². The Balaban J connectivity index is 1.56. The van der Waals surface area contributed by atoms with Gasteiger partial charge in [-0.05, 0) is 46.7 Å². The normalized spacial score (nSPS) is 10.6. The number of ether oxygens (including phenoxy) is 1. The first-order valence-corrected chi connectivity index (χ1v) is 9.33. The molecule has 4 aromatic carbocycles. The van der Waals surface area contributed by atoms with Crippen molar-refractivity contribution in [3.63, 3.8) is 0 Å². The number of rotatable bonds is 5. The minimum Gasteiger partial charge on any atom is -0.488 e. The van der Waals surface area contributed by atoms with Crippen LogP contribution in [0.1, 0.15) is 15.9 Å². The van der Waals surface area contributed by atoms with Gasteiger partial charge in [-0.1, -0.05) is 72.3 Å². The standard InChI is InChI=1S/C24H18ClNO2/c25-20-11-13-23(28-16-17-6-2-1-3-7-17)22(15-20)24(27)26-21-12-10-18-8-4-5-9-19(18)14-21/h1-15H,16H2,(H,26,27). The van der Waals surface area contributed by atoms with Gasteiger partial charge in [0.25, 0.3) is 5.91 Å². The fraction of sp³-hybridized carbons (Fsp3) is 0.0417. The molecule has 0 atom stereocenters. The molecule has 4 heteroatoms. The maximum atomic E-state index is 12.9. The molecule has 0 aliphatic carbocycles. The lowest BCUT2D eigenvalue weighted by molar-refractivity contribution is 0.102. The third-order valence-corrected chi connectivity index (χ3v) is 4.67. The van der Waals surface area contributed by atoms with Crippen molar-refractivity contribution >= 4 is 34.0 Å². The number of carbonyl (C=O) groups is 1. The van der Waals surface area contributed by atoms with E-state index in [1.54, 1.807) is 18.2 Å². The number of fused-ring (bicyclic) bond motifs is 1. The van der Waals surface area contributed by atoms with Crippen LogP contribution in [0.5, 0.6) is 5.75 Å². The Kier molecular flexibility index (Phi) is 5.27. The van der Waals surface area contributed by atoms with E-state index in [0.29, 0.717) is 22.9 Å². The summed E-state index contributed by atoms with van der Waals surface area (Å²) in [5.74, 6) is 0.229. The van der Waals surface area contributed by atoms with Crippen molar-refractivity contribution in [3.8, 4) is 5.75 Å². The minimum atomic E-state index is -0.263. The summed E-state index contributed by atoms with van der Waals surface area (Å²) in [5, 5.41) is 5.60. The zero-order valence-corrected chi connectivity index (χ0v) is 15.8. The molecule has 3 nitrogen and oxygen atoms in total. The number of anilines is 1. The summed E-state index contributed by atoms with van der Waals surface area (Å²) in [4.78, 5) is 12.9. The van der Waals surface area contributed by atoms with Gasteiger partial charge in [0, 0.05) is 10.7 Å². The van der Waals surface area contributed by atoms with Crippen molar-refractivity contribution in [2.24, 2.45) is 0 Å². The van der Waals surface area contributed by atoms with Gasteiger partial charge >= 0.3 is 0 Å². The van der Waals surface area contributed by atoms with Crippen molar-refractivity contribution < 1.29 is 9.53 Å². The number of hydrogen-bond donors (Lipinski definition) is 1. The Morgan fingerprint density at radius 1 is 0.821 bits per heavy atom. The molecule has 0 saturated heterocycles. The van der Waals surface area contributed by atoms with Gasteiger partial charge in [0.05, 0.1) is 5.56 Å². The Hall–Kier alpha value is -3.30. The molecule has 0 unspecified atom stereocenters. The SMILES string of the molecule is O=C(Nc1ccc2ccccc2c1)c1cc(Cl)ccc1OCc1ccccc1. The minimum absolute atomic E-state index is 0.263. The van der Waals surface area contributed by atoms with Crippen molar-refractivity contribution in [2.75, 3.05) is 5.32 Å². The molecule has 1 N–H and O–H groups in total. The third kappa shape index (κ3) is 4.16. The van der Waals surface area contributed by atoms with Crippen molar-refractivity contribution in [1.82, 2.24) is 0 Å². The van der Waals surface area contributed by atoms with Gasteiger partial charge < -0.3 is 10.1 Å². The molecule has 4 aromatic rings. The summed E-state index contributed by atoms with van der Waals surface area (Å²) in [5.41, 5.74) is 2.15. The highest BCUT2D eigenvalue weighted by molar-refractivity contribution is 6.31. The molecule has 0 bridgehead atoms. The molecule has 0 spiro atoms. The first-order chi connectivity index (χ1) is 13.7. The molecule has 138 valence electrons. The second kappa shape index (κ2) is 8.15. The first-order valence-electron chi connectivity index (χ1n) is 8.95. The molecule has 4 rings (SSSR count). The zero-order valence-electron chi connectivity index (χ0n) is 15.1. The Labute approximate surface area is 168 Å². The topological polar surface area (TPSA) is 38.3 Å². The van der Waals surface area contributed by atoms with Gasteiger partial charge in [-0.15, -0.1) is 0 Å². The summed E-state index contributed by atoms with van der Waals surface area (Å²) >= 11 is 6.12. The molecule has 0 radical (unpaired) electrons. The van der Waals surface area contributed by atoms with Crippen molar-refractivity contribution in [1.29, 1.82) is 0 Å². The number of amides is 1. The van der Waals surface area contributed by atoms with E-state index in [9.17, 15) is 4.79 Å². The molecule has 0 aromatic heterocycles. The van der Waals surface area contributed by atoms with Crippen LogP contribution in [-0.2, 0) is 6.61 Å². The molecule has 0 saturated carbocycles. The predicted molar refractivity (Wildman–Crippen MR) is 114 cm³/mol. The van der Waals surface area contributed by atoms with E-state index < -0.39 is 0 Å². The van der Waals surface area contributed by atoms with Crippen LogP contribution in [-0.4, -0.2) is 5.91 Å².